The zero-order valence-electron chi connectivity index (χ0n) is 25.2. The molecule has 4 aliphatic rings. The molecule has 0 atom stereocenters. The van der Waals surface area contributed by atoms with E-state index in [9.17, 15) is 19.2 Å². The number of ether oxygens (including phenoxy) is 2. The van der Waals surface area contributed by atoms with E-state index in [1.54, 1.807) is 0 Å². The maximum Gasteiger partial charge on any atom is 0.309 e. The minimum Gasteiger partial charge on any atom is -0.462 e. The standard InChI is InChI=1S/C26H42O4.2C4H6O/c27-25(21-7-3-1-4-8-21)29-23-15-11-19(12-16-23)20-13-17-24(18-14-20)30-26(28)22-9-5-2-6-10-22;2*1-3-4(2)5/h19-24H,1-18H2;2*3H,1H2,2H3. The summed E-state index contributed by atoms with van der Waals surface area (Å²) in [5.41, 5.74) is 0. The van der Waals surface area contributed by atoms with Gasteiger partial charge in [0.2, 0.25) is 0 Å². The van der Waals surface area contributed by atoms with Crippen molar-refractivity contribution in [2.24, 2.45) is 23.7 Å². The van der Waals surface area contributed by atoms with Crippen LogP contribution < -0.4 is 0 Å². The van der Waals surface area contributed by atoms with Crippen molar-refractivity contribution in [1.82, 2.24) is 0 Å². The smallest absolute Gasteiger partial charge is 0.309 e. The van der Waals surface area contributed by atoms with E-state index in [0.29, 0.717) is 0 Å². The number of carbonyl (C=O) groups is 4. The van der Waals surface area contributed by atoms with Crippen molar-refractivity contribution in [2.45, 2.75) is 142 Å². The van der Waals surface area contributed by atoms with E-state index in [1.807, 2.05) is 0 Å². The molecule has 6 nitrogen and oxygen atoms in total. The van der Waals surface area contributed by atoms with Crippen LogP contribution in [0.15, 0.2) is 25.3 Å². The topological polar surface area (TPSA) is 86.7 Å². The molecule has 0 unspecified atom stereocenters. The number of hydrogen-bond donors (Lipinski definition) is 0. The van der Waals surface area contributed by atoms with Gasteiger partial charge in [-0.1, -0.05) is 51.7 Å². The van der Waals surface area contributed by atoms with E-state index in [4.69, 9.17) is 9.47 Å². The van der Waals surface area contributed by atoms with Crippen molar-refractivity contribution < 1.29 is 28.7 Å². The highest BCUT2D eigenvalue weighted by molar-refractivity contribution is 5.86. The highest BCUT2D eigenvalue weighted by Gasteiger charge is 2.34. The highest BCUT2D eigenvalue weighted by atomic mass is 16.5. The number of carbonyl (C=O) groups excluding carboxylic acids is 4. The first-order chi connectivity index (χ1) is 19.2. The fourth-order valence-corrected chi connectivity index (χ4v) is 6.55. The molecular weight excluding hydrogens is 504 g/mol. The van der Waals surface area contributed by atoms with Gasteiger partial charge in [0.25, 0.3) is 0 Å². The Morgan fingerprint density at radius 2 is 0.775 bits per heavy atom. The summed E-state index contributed by atoms with van der Waals surface area (Å²) in [5.74, 6) is 2.08. The van der Waals surface area contributed by atoms with Crippen molar-refractivity contribution in [3.63, 3.8) is 0 Å². The molecule has 4 rings (SSSR count). The van der Waals surface area contributed by atoms with Gasteiger partial charge in [0.15, 0.2) is 11.6 Å². The average Bonchev–Trinajstić information content (AvgIpc) is 2.99. The Morgan fingerprint density at radius 3 is 1.02 bits per heavy atom. The fraction of sp³-hybridized carbons (Fsp3) is 0.765. The summed E-state index contributed by atoms with van der Waals surface area (Å²) in [6.45, 7) is 9.35. The first-order valence-electron chi connectivity index (χ1n) is 15.9. The Morgan fingerprint density at radius 1 is 0.500 bits per heavy atom. The molecule has 40 heavy (non-hydrogen) atoms. The molecular formula is C34H54O6. The van der Waals surface area contributed by atoms with Crippen LogP contribution in [-0.4, -0.2) is 35.7 Å². The summed E-state index contributed by atoms with van der Waals surface area (Å²) in [6.07, 6.45) is 23.2. The molecule has 0 amide bonds. The van der Waals surface area contributed by atoms with Crippen LogP contribution in [0.4, 0.5) is 0 Å². The summed E-state index contributed by atoms with van der Waals surface area (Å²) in [7, 11) is 0. The molecule has 6 heteroatoms. The minimum absolute atomic E-state index is 0.0185. The monoisotopic (exact) mass is 558 g/mol. The van der Waals surface area contributed by atoms with Crippen LogP contribution in [0.25, 0.3) is 0 Å². The summed E-state index contributed by atoms with van der Waals surface area (Å²) in [5, 5.41) is 0. The van der Waals surface area contributed by atoms with Crippen molar-refractivity contribution in [3.05, 3.63) is 25.3 Å². The predicted octanol–water partition coefficient (Wildman–Crippen LogP) is 7.87. The van der Waals surface area contributed by atoms with Crippen LogP contribution in [-0.2, 0) is 28.7 Å². The van der Waals surface area contributed by atoms with Crippen LogP contribution in [0.3, 0.4) is 0 Å². The first-order valence-corrected chi connectivity index (χ1v) is 15.9. The number of hydrogen-bond acceptors (Lipinski definition) is 6. The SMILES string of the molecule is C=CC(C)=O.C=CC(C)=O.O=C(OC1CCC(C2CCC(OC(=O)C3CCCCC3)CC2)CC1)C1CCCCC1. The molecule has 0 aromatic carbocycles. The van der Waals surface area contributed by atoms with E-state index in [-0.39, 0.29) is 47.5 Å². The Hall–Kier alpha value is -2.24. The van der Waals surface area contributed by atoms with E-state index >= 15 is 0 Å². The Labute approximate surface area is 242 Å². The molecule has 4 fully saturated rings. The Balaban J connectivity index is 0.000000482. The molecule has 0 aliphatic heterocycles. The van der Waals surface area contributed by atoms with E-state index in [2.05, 4.69) is 13.2 Å². The number of allylic oxidation sites excluding steroid dienone is 2. The van der Waals surface area contributed by atoms with Gasteiger partial charge in [-0.2, -0.15) is 0 Å². The molecule has 4 saturated carbocycles. The fourth-order valence-electron chi connectivity index (χ4n) is 6.55. The van der Waals surface area contributed by atoms with Gasteiger partial charge in [-0.05, 0) is 115 Å². The lowest BCUT2D eigenvalue weighted by Crippen LogP contribution is -2.33. The summed E-state index contributed by atoms with van der Waals surface area (Å²) >= 11 is 0. The molecule has 0 aromatic rings. The van der Waals surface area contributed by atoms with Gasteiger partial charge in [-0.3, -0.25) is 19.2 Å². The van der Waals surface area contributed by atoms with Crippen LogP contribution in [0, 0.1) is 23.7 Å². The van der Waals surface area contributed by atoms with Gasteiger partial charge in [0, 0.05) is 0 Å². The third-order valence-electron chi connectivity index (χ3n) is 9.12. The lowest BCUT2D eigenvalue weighted by atomic mass is 9.72. The summed E-state index contributed by atoms with van der Waals surface area (Å²) < 4.78 is 11.8. The second kappa shape index (κ2) is 19.0. The maximum absolute atomic E-state index is 12.4. The average molecular weight is 559 g/mol. The number of esters is 2. The zero-order chi connectivity index (χ0) is 29.3. The van der Waals surface area contributed by atoms with Crippen LogP contribution in [0.5, 0.6) is 0 Å². The largest absolute Gasteiger partial charge is 0.462 e. The zero-order valence-corrected chi connectivity index (χ0v) is 25.2. The van der Waals surface area contributed by atoms with E-state index in [1.165, 1.54) is 90.2 Å². The molecule has 0 radical (unpaired) electrons. The van der Waals surface area contributed by atoms with Gasteiger partial charge >= 0.3 is 11.9 Å². The van der Waals surface area contributed by atoms with Gasteiger partial charge in [-0.15, -0.1) is 0 Å². The number of ketones is 2. The molecule has 0 N–H and O–H groups in total. The first kappa shape index (κ1) is 34.0. The number of rotatable bonds is 7. The Kier molecular flexibility index (Phi) is 16.1. The van der Waals surface area contributed by atoms with Gasteiger partial charge in [-0.25, -0.2) is 0 Å². The van der Waals surface area contributed by atoms with Crippen molar-refractivity contribution in [1.29, 1.82) is 0 Å². The lowest BCUT2D eigenvalue weighted by Gasteiger charge is -2.38. The third kappa shape index (κ3) is 13.0. The van der Waals surface area contributed by atoms with Gasteiger partial charge in [0.1, 0.15) is 12.2 Å². The molecule has 0 saturated heterocycles. The van der Waals surface area contributed by atoms with Crippen LogP contribution >= 0.6 is 0 Å². The second-order valence-corrected chi connectivity index (χ2v) is 12.2. The predicted molar refractivity (Wildman–Crippen MR) is 159 cm³/mol. The summed E-state index contributed by atoms with van der Waals surface area (Å²) in [6, 6.07) is 0. The van der Waals surface area contributed by atoms with Gasteiger partial charge in [0.05, 0.1) is 11.8 Å². The maximum atomic E-state index is 12.4. The Bertz CT molecular complexity index is 736. The van der Waals surface area contributed by atoms with Crippen LogP contribution in [0.1, 0.15) is 129 Å². The van der Waals surface area contributed by atoms with Crippen molar-refractivity contribution >= 4 is 23.5 Å². The van der Waals surface area contributed by atoms with E-state index in [0.717, 1.165) is 63.2 Å². The van der Waals surface area contributed by atoms with Gasteiger partial charge < -0.3 is 9.47 Å². The minimum atomic E-state index is 0.0185. The normalized spacial score (nSPS) is 27.4. The summed E-state index contributed by atoms with van der Waals surface area (Å²) in [4.78, 5) is 44.2. The molecule has 226 valence electrons. The van der Waals surface area contributed by atoms with Crippen molar-refractivity contribution in [2.75, 3.05) is 0 Å². The molecule has 4 aliphatic carbocycles. The molecule has 0 heterocycles. The lowest BCUT2D eigenvalue weighted by molar-refractivity contribution is -0.159. The van der Waals surface area contributed by atoms with Crippen LogP contribution in [0.2, 0.25) is 0 Å². The molecule has 0 spiro atoms. The van der Waals surface area contributed by atoms with E-state index < -0.39 is 0 Å². The van der Waals surface area contributed by atoms with Crippen molar-refractivity contribution in [3.8, 4) is 0 Å². The third-order valence-corrected chi connectivity index (χ3v) is 9.12. The quantitative estimate of drug-likeness (QED) is 0.233. The highest BCUT2D eigenvalue weighted by Crippen LogP contribution is 2.40. The second-order valence-electron chi connectivity index (χ2n) is 12.2. The molecule has 0 bridgehead atoms. The molecule has 0 aromatic heterocycles.